The standard InChI is InChI=1S/C17H25NO3/c1-11(15(19)20)18-10-17(5,6)21-14-8-7-12(9-13(14)18)16(2,3)4/h7-9,11H,10H2,1-6H3,(H,19,20). The number of hydrogen-bond donors (Lipinski definition) is 1. The molecule has 2 rings (SSSR count). The molecule has 4 heteroatoms. The van der Waals surface area contributed by atoms with Crippen LogP contribution in [0.15, 0.2) is 18.2 Å². The first-order valence-corrected chi connectivity index (χ1v) is 7.34. The summed E-state index contributed by atoms with van der Waals surface area (Å²) in [5.74, 6) is -0.0628. The van der Waals surface area contributed by atoms with Crippen LogP contribution in [0.2, 0.25) is 0 Å². The van der Waals surface area contributed by atoms with E-state index in [0.29, 0.717) is 6.54 Å². The van der Waals surface area contributed by atoms with E-state index in [1.165, 1.54) is 5.56 Å². The van der Waals surface area contributed by atoms with Crippen LogP contribution >= 0.6 is 0 Å². The van der Waals surface area contributed by atoms with Crippen LogP contribution in [0.4, 0.5) is 5.69 Å². The Hall–Kier alpha value is -1.71. The van der Waals surface area contributed by atoms with Crippen molar-refractivity contribution >= 4 is 11.7 Å². The zero-order valence-electron chi connectivity index (χ0n) is 13.7. The summed E-state index contributed by atoms with van der Waals surface area (Å²) < 4.78 is 6.01. The normalized spacial score (nSPS) is 18.7. The molecule has 0 saturated carbocycles. The predicted molar refractivity (Wildman–Crippen MR) is 84.3 cm³/mol. The van der Waals surface area contributed by atoms with E-state index in [2.05, 4.69) is 32.9 Å². The molecule has 0 spiro atoms. The highest BCUT2D eigenvalue weighted by molar-refractivity contribution is 5.79. The minimum absolute atomic E-state index is 0.0140. The Morgan fingerprint density at radius 3 is 2.52 bits per heavy atom. The summed E-state index contributed by atoms with van der Waals surface area (Å²) >= 11 is 0. The van der Waals surface area contributed by atoms with Gasteiger partial charge in [-0.25, -0.2) is 4.79 Å². The first kappa shape index (κ1) is 15.7. The van der Waals surface area contributed by atoms with Gasteiger partial charge in [0, 0.05) is 0 Å². The number of carboxylic acid groups (broad SMARTS) is 1. The molecule has 0 bridgehead atoms. The number of nitrogens with zero attached hydrogens (tertiary/aromatic N) is 1. The maximum Gasteiger partial charge on any atom is 0.326 e. The van der Waals surface area contributed by atoms with Gasteiger partial charge in [-0.05, 0) is 43.9 Å². The molecule has 1 aliphatic heterocycles. The minimum atomic E-state index is -0.820. The fraction of sp³-hybridized carbons (Fsp3) is 0.588. The molecule has 0 aromatic heterocycles. The summed E-state index contributed by atoms with van der Waals surface area (Å²) in [6, 6.07) is 5.49. The van der Waals surface area contributed by atoms with Crippen molar-refractivity contribution in [1.82, 2.24) is 0 Å². The first-order valence-electron chi connectivity index (χ1n) is 7.34. The number of carboxylic acids is 1. The van der Waals surface area contributed by atoms with Gasteiger partial charge in [-0.1, -0.05) is 26.8 Å². The van der Waals surface area contributed by atoms with Crippen LogP contribution in [0.5, 0.6) is 5.75 Å². The number of ether oxygens (including phenoxy) is 1. The third-order valence-electron chi connectivity index (χ3n) is 3.90. The van der Waals surface area contributed by atoms with Gasteiger partial charge in [0.1, 0.15) is 17.4 Å². The molecule has 1 heterocycles. The highest BCUT2D eigenvalue weighted by Crippen LogP contribution is 2.40. The van der Waals surface area contributed by atoms with Gasteiger partial charge in [-0.15, -0.1) is 0 Å². The molecule has 0 amide bonds. The van der Waals surface area contributed by atoms with Gasteiger partial charge in [0.25, 0.3) is 0 Å². The third-order valence-corrected chi connectivity index (χ3v) is 3.90. The van der Waals surface area contributed by atoms with E-state index in [1.807, 2.05) is 24.8 Å². The maximum atomic E-state index is 11.4. The Bertz CT molecular complexity index is 558. The Morgan fingerprint density at radius 1 is 1.38 bits per heavy atom. The SMILES string of the molecule is CC(C(=O)O)N1CC(C)(C)Oc2ccc(C(C)(C)C)cc21. The van der Waals surface area contributed by atoms with E-state index in [4.69, 9.17) is 4.74 Å². The number of fused-ring (bicyclic) bond motifs is 1. The summed E-state index contributed by atoms with van der Waals surface area (Å²) in [7, 11) is 0. The van der Waals surface area contributed by atoms with Gasteiger partial charge >= 0.3 is 5.97 Å². The number of anilines is 1. The predicted octanol–water partition coefficient (Wildman–Crippen LogP) is 3.43. The zero-order chi connectivity index (χ0) is 16.0. The molecule has 1 aliphatic rings. The molecule has 1 unspecified atom stereocenters. The molecule has 21 heavy (non-hydrogen) atoms. The van der Waals surface area contributed by atoms with Crippen LogP contribution in [-0.4, -0.2) is 29.3 Å². The lowest BCUT2D eigenvalue weighted by molar-refractivity contribution is -0.138. The topological polar surface area (TPSA) is 49.8 Å². The molecule has 0 fully saturated rings. The average molecular weight is 291 g/mol. The monoisotopic (exact) mass is 291 g/mol. The van der Waals surface area contributed by atoms with Crippen molar-refractivity contribution in [1.29, 1.82) is 0 Å². The quantitative estimate of drug-likeness (QED) is 0.907. The molecule has 0 saturated heterocycles. The smallest absolute Gasteiger partial charge is 0.326 e. The van der Waals surface area contributed by atoms with Crippen molar-refractivity contribution in [3.05, 3.63) is 23.8 Å². The second-order valence-corrected chi connectivity index (χ2v) is 7.44. The van der Waals surface area contributed by atoms with Crippen molar-refractivity contribution in [2.75, 3.05) is 11.4 Å². The summed E-state index contributed by atoms with van der Waals surface area (Å²) in [6.45, 7) is 12.7. The molecular weight excluding hydrogens is 266 g/mol. The molecule has 1 N–H and O–H groups in total. The maximum absolute atomic E-state index is 11.4. The number of rotatable bonds is 2. The molecule has 1 aromatic rings. The van der Waals surface area contributed by atoms with Crippen LogP contribution in [0.1, 0.15) is 47.1 Å². The number of hydrogen-bond acceptors (Lipinski definition) is 3. The van der Waals surface area contributed by atoms with Crippen molar-refractivity contribution in [3.63, 3.8) is 0 Å². The van der Waals surface area contributed by atoms with Crippen LogP contribution in [0.3, 0.4) is 0 Å². The van der Waals surface area contributed by atoms with Gasteiger partial charge in [0.05, 0.1) is 12.2 Å². The Kier molecular flexibility index (Phi) is 3.68. The molecule has 116 valence electrons. The third kappa shape index (κ3) is 3.14. The average Bonchev–Trinajstić information content (AvgIpc) is 2.34. The summed E-state index contributed by atoms with van der Waals surface area (Å²) in [5.41, 5.74) is 1.66. The van der Waals surface area contributed by atoms with Gasteiger partial charge in [0.15, 0.2) is 0 Å². The fourth-order valence-electron chi connectivity index (χ4n) is 2.60. The highest BCUT2D eigenvalue weighted by atomic mass is 16.5. The second-order valence-electron chi connectivity index (χ2n) is 7.44. The molecule has 0 radical (unpaired) electrons. The Labute approximate surface area is 126 Å². The van der Waals surface area contributed by atoms with E-state index in [0.717, 1.165) is 11.4 Å². The van der Waals surface area contributed by atoms with Crippen molar-refractivity contribution < 1.29 is 14.6 Å². The van der Waals surface area contributed by atoms with E-state index in [1.54, 1.807) is 6.92 Å². The minimum Gasteiger partial charge on any atom is -0.484 e. The number of aliphatic carboxylic acids is 1. The lowest BCUT2D eigenvalue weighted by Gasteiger charge is -2.43. The molecular formula is C17H25NO3. The zero-order valence-corrected chi connectivity index (χ0v) is 13.7. The van der Waals surface area contributed by atoms with Gasteiger partial charge in [0.2, 0.25) is 0 Å². The lowest BCUT2D eigenvalue weighted by atomic mass is 9.86. The van der Waals surface area contributed by atoms with Gasteiger partial charge < -0.3 is 14.7 Å². The van der Waals surface area contributed by atoms with Gasteiger partial charge in [-0.3, -0.25) is 0 Å². The van der Waals surface area contributed by atoms with Gasteiger partial charge in [-0.2, -0.15) is 0 Å². The second kappa shape index (κ2) is 4.93. The number of carbonyl (C=O) groups is 1. The van der Waals surface area contributed by atoms with E-state index in [9.17, 15) is 9.90 Å². The molecule has 0 aliphatic carbocycles. The summed E-state index contributed by atoms with van der Waals surface area (Å²) in [5, 5.41) is 9.38. The van der Waals surface area contributed by atoms with E-state index >= 15 is 0 Å². The van der Waals surface area contributed by atoms with Crippen molar-refractivity contribution in [2.24, 2.45) is 0 Å². The fourth-order valence-corrected chi connectivity index (χ4v) is 2.60. The molecule has 1 atom stereocenters. The van der Waals surface area contributed by atoms with Crippen molar-refractivity contribution in [3.8, 4) is 5.75 Å². The first-order chi connectivity index (χ1) is 9.51. The molecule has 1 aromatic carbocycles. The van der Waals surface area contributed by atoms with Crippen LogP contribution in [0, 0.1) is 0 Å². The van der Waals surface area contributed by atoms with Crippen molar-refractivity contribution in [2.45, 2.75) is 58.6 Å². The number of benzene rings is 1. The summed E-state index contributed by atoms with van der Waals surface area (Å²) in [4.78, 5) is 13.3. The van der Waals surface area contributed by atoms with Crippen LogP contribution in [-0.2, 0) is 10.2 Å². The van der Waals surface area contributed by atoms with E-state index in [-0.39, 0.29) is 5.41 Å². The Morgan fingerprint density at radius 2 is 2.00 bits per heavy atom. The largest absolute Gasteiger partial charge is 0.484 e. The van der Waals surface area contributed by atoms with Crippen LogP contribution < -0.4 is 9.64 Å². The Balaban J connectivity index is 2.53. The highest BCUT2D eigenvalue weighted by Gasteiger charge is 2.36. The molecule has 4 nitrogen and oxygen atoms in total. The summed E-state index contributed by atoms with van der Waals surface area (Å²) in [6.07, 6.45) is 0. The van der Waals surface area contributed by atoms with Crippen LogP contribution in [0.25, 0.3) is 0 Å². The lowest BCUT2D eigenvalue weighted by Crippen LogP contribution is -2.52. The van der Waals surface area contributed by atoms with E-state index < -0.39 is 17.6 Å².